The van der Waals surface area contributed by atoms with Crippen LogP contribution in [0.1, 0.15) is 11.3 Å². The van der Waals surface area contributed by atoms with Crippen LogP contribution in [0.25, 0.3) is 11.6 Å². The molecule has 0 aliphatic heterocycles. The van der Waals surface area contributed by atoms with Gasteiger partial charge in [0.1, 0.15) is 6.07 Å². The molecule has 0 radical (unpaired) electrons. The van der Waals surface area contributed by atoms with Crippen molar-refractivity contribution in [1.82, 2.24) is 4.98 Å². The topological polar surface area (TPSA) is 66.1 Å². The normalized spacial score (nSPS) is 10.9. The summed E-state index contributed by atoms with van der Waals surface area (Å²) in [5.41, 5.74) is 1.67. The lowest BCUT2D eigenvalue weighted by molar-refractivity contribution is 0.373. The van der Waals surface area contributed by atoms with Gasteiger partial charge in [-0.25, -0.2) is 0 Å². The minimum absolute atomic E-state index is 0.0141. The van der Waals surface area contributed by atoms with Gasteiger partial charge in [-0.05, 0) is 35.9 Å². The van der Waals surface area contributed by atoms with E-state index in [0.717, 1.165) is 4.47 Å². The molecule has 5 heteroatoms. The molecular formula is C15H11BrN2O2. The Kier molecular flexibility index (Phi) is 4.38. The first-order valence-corrected chi connectivity index (χ1v) is 6.54. The monoisotopic (exact) mass is 330 g/mol. The molecule has 1 aromatic carbocycles. The maximum Gasteiger partial charge on any atom is 0.161 e. The molecule has 20 heavy (non-hydrogen) atoms. The number of nitriles is 1. The number of rotatable bonds is 3. The van der Waals surface area contributed by atoms with E-state index >= 15 is 0 Å². The fraction of sp³-hybridized carbons (Fsp3) is 0.0667. The van der Waals surface area contributed by atoms with Crippen LogP contribution in [0.2, 0.25) is 0 Å². The number of nitrogens with zero attached hydrogens (tertiary/aromatic N) is 2. The van der Waals surface area contributed by atoms with Crippen molar-refractivity contribution in [3.05, 3.63) is 52.3 Å². The van der Waals surface area contributed by atoms with E-state index in [1.54, 1.807) is 30.5 Å². The van der Waals surface area contributed by atoms with Crippen LogP contribution in [-0.2, 0) is 0 Å². The molecular weight excluding hydrogens is 320 g/mol. The molecule has 1 N–H and O–H groups in total. The molecule has 0 atom stereocenters. The first-order valence-electron chi connectivity index (χ1n) is 5.75. The Morgan fingerprint density at radius 2 is 2.25 bits per heavy atom. The molecule has 0 saturated carbocycles. The Bertz CT molecular complexity index is 691. The number of pyridine rings is 1. The summed E-state index contributed by atoms with van der Waals surface area (Å²) in [7, 11) is 1.48. The van der Waals surface area contributed by atoms with Crippen LogP contribution in [0.5, 0.6) is 11.5 Å². The van der Waals surface area contributed by atoms with E-state index in [4.69, 9.17) is 4.74 Å². The molecule has 0 bridgehead atoms. The van der Waals surface area contributed by atoms with Crippen LogP contribution in [0.4, 0.5) is 0 Å². The molecule has 2 aromatic rings. The zero-order valence-corrected chi connectivity index (χ0v) is 12.3. The Morgan fingerprint density at radius 3 is 2.85 bits per heavy atom. The number of benzene rings is 1. The van der Waals surface area contributed by atoms with Gasteiger partial charge in [0.05, 0.1) is 18.4 Å². The summed E-state index contributed by atoms with van der Waals surface area (Å²) in [6.07, 6.45) is 3.28. The SMILES string of the molecule is COc1cc(Br)c(/C=C(\C#N)c2ccccn2)cc1O. The van der Waals surface area contributed by atoms with Crippen molar-refractivity contribution in [1.29, 1.82) is 5.26 Å². The summed E-state index contributed by atoms with van der Waals surface area (Å²) < 4.78 is 5.74. The minimum atomic E-state index is 0.0141. The lowest BCUT2D eigenvalue weighted by Crippen LogP contribution is -1.88. The van der Waals surface area contributed by atoms with Gasteiger partial charge in [-0.2, -0.15) is 5.26 Å². The van der Waals surface area contributed by atoms with Crippen molar-refractivity contribution in [3.63, 3.8) is 0 Å². The standard InChI is InChI=1S/C15H11BrN2O2/c1-20-15-8-12(16)10(7-14(15)19)6-11(9-17)13-4-2-3-5-18-13/h2-8,19H,1H3/b11-6+. The highest BCUT2D eigenvalue weighted by Crippen LogP contribution is 2.34. The molecule has 100 valence electrons. The van der Waals surface area contributed by atoms with Gasteiger partial charge >= 0.3 is 0 Å². The third kappa shape index (κ3) is 2.98. The molecule has 0 aliphatic rings. The second-order valence-electron chi connectivity index (χ2n) is 3.93. The third-order valence-corrected chi connectivity index (χ3v) is 3.35. The van der Waals surface area contributed by atoms with E-state index in [9.17, 15) is 10.4 Å². The Morgan fingerprint density at radius 1 is 1.45 bits per heavy atom. The fourth-order valence-electron chi connectivity index (χ4n) is 1.67. The Labute approximate surface area is 125 Å². The second-order valence-corrected chi connectivity index (χ2v) is 4.78. The number of phenols is 1. The van der Waals surface area contributed by atoms with E-state index in [2.05, 4.69) is 27.0 Å². The number of phenolic OH excluding ortho intramolecular Hbond substituents is 1. The Balaban J connectivity index is 2.49. The maximum absolute atomic E-state index is 9.80. The highest BCUT2D eigenvalue weighted by atomic mass is 79.9. The molecule has 1 aromatic heterocycles. The predicted octanol–water partition coefficient (Wildman–Crippen LogP) is 3.62. The number of halogens is 1. The first-order chi connectivity index (χ1) is 9.65. The molecule has 0 aliphatic carbocycles. The maximum atomic E-state index is 9.80. The lowest BCUT2D eigenvalue weighted by Gasteiger charge is -2.07. The molecule has 0 unspecified atom stereocenters. The van der Waals surface area contributed by atoms with Gasteiger partial charge in [-0.15, -0.1) is 0 Å². The summed E-state index contributed by atoms with van der Waals surface area (Å²) in [6.45, 7) is 0. The van der Waals surface area contributed by atoms with Crippen molar-refractivity contribution in [2.75, 3.05) is 7.11 Å². The number of ether oxygens (including phenoxy) is 1. The summed E-state index contributed by atoms with van der Waals surface area (Å²) in [4.78, 5) is 4.14. The molecule has 0 saturated heterocycles. The van der Waals surface area contributed by atoms with E-state index in [-0.39, 0.29) is 5.75 Å². The van der Waals surface area contributed by atoms with Crippen LogP contribution in [-0.4, -0.2) is 17.2 Å². The summed E-state index contributed by atoms with van der Waals surface area (Å²) in [6, 6.07) is 10.6. The smallest absolute Gasteiger partial charge is 0.161 e. The molecule has 2 rings (SSSR count). The number of allylic oxidation sites excluding steroid dienone is 1. The van der Waals surface area contributed by atoms with E-state index in [1.807, 2.05) is 6.07 Å². The average Bonchev–Trinajstić information content (AvgIpc) is 2.48. The lowest BCUT2D eigenvalue weighted by atomic mass is 10.1. The number of hydrogen-bond acceptors (Lipinski definition) is 4. The van der Waals surface area contributed by atoms with Crippen LogP contribution in [0.15, 0.2) is 41.0 Å². The number of aromatic nitrogens is 1. The molecule has 1 heterocycles. The van der Waals surface area contributed by atoms with Crippen molar-refractivity contribution in [3.8, 4) is 17.6 Å². The summed E-state index contributed by atoms with van der Waals surface area (Å²) in [5, 5.41) is 19.0. The first kappa shape index (κ1) is 14.1. The van der Waals surface area contributed by atoms with Crippen LogP contribution in [0, 0.1) is 11.3 Å². The van der Waals surface area contributed by atoms with Gasteiger partial charge < -0.3 is 9.84 Å². The van der Waals surface area contributed by atoms with Crippen molar-refractivity contribution < 1.29 is 9.84 Å². The quantitative estimate of drug-likeness (QED) is 0.873. The van der Waals surface area contributed by atoms with E-state index < -0.39 is 0 Å². The largest absolute Gasteiger partial charge is 0.504 e. The van der Waals surface area contributed by atoms with Crippen LogP contribution >= 0.6 is 15.9 Å². The third-order valence-electron chi connectivity index (χ3n) is 2.66. The van der Waals surface area contributed by atoms with Gasteiger partial charge in [-0.3, -0.25) is 4.98 Å². The molecule has 0 spiro atoms. The van der Waals surface area contributed by atoms with Gasteiger partial charge in [0.2, 0.25) is 0 Å². The van der Waals surface area contributed by atoms with Crippen LogP contribution in [0.3, 0.4) is 0 Å². The van der Waals surface area contributed by atoms with Gasteiger partial charge in [0.25, 0.3) is 0 Å². The van der Waals surface area contributed by atoms with Gasteiger partial charge in [-0.1, -0.05) is 22.0 Å². The highest BCUT2D eigenvalue weighted by molar-refractivity contribution is 9.10. The van der Waals surface area contributed by atoms with Crippen molar-refractivity contribution in [2.45, 2.75) is 0 Å². The van der Waals surface area contributed by atoms with Gasteiger partial charge in [0.15, 0.2) is 11.5 Å². The minimum Gasteiger partial charge on any atom is -0.504 e. The van der Waals surface area contributed by atoms with Crippen LogP contribution < -0.4 is 4.74 Å². The molecule has 4 nitrogen and oxygen atoms in total. The highest BCUT2D eigenvalue weighted by Gasteiger charge is 2.09. The summed E-state index contributed by atoms with van der Waals surface area (Å²) in [5.74, 6) is 0.380. The number of hydrogen-bond donors (Lipinski definition) is 1. The zero-order chi connectivity index (χ0) is 14.5. The second kappa shape index (κ2) is 6.22. The number of methoxy groups -OCH3 is 1. The number of aromatic hydroxyl groups is 1. The molecule has 0 fully saturated rings. The van der Waals surface area contributed by atoms with E-state index in [0.29, 0.717) is 22.6 Å². The fourth-order valence-corrected chi connectivity index (χ4v) is 2.11. The average molecular weight is 331 g/mol. The van der Waals surface area contributed by atoms with Crippen molar-refractivity contribution >= 4 is 27.6 Å². The zero-order valence-electron chi connectivity index (χ0n) is 10.7. The summed E-state index contributed by atoms with van der Waals surface area (Å²) >= 11 is 3.39. The Hall–Kier alpha value is -2.32. The van der Waals surface area contributed by atoms with Crippen molar-refractivity contribution in [2.24, 2.45) is 0 Å². The molecule has 0 amide bonds. The van der Waals surface area contributed by atoms with E-state index in [1.165, 1.54) is 13.2 Å². The van der Waals surface area contributed by atoms with Gasteiger partial charge in [0, 0.05) is 10.7 Å². The predicted molar refractivity (Wildman–Crippen MR) is 80.1 cm³/mol.